The summed E-state index contributed by atoms with van der Waals surface area (Å²) >= 11 is 0. The second-order valence-corrected chi connectivity index (χ2v) is 2.26. The highest BCUT2D eigenvalue weighted by molar-refractivity contribution is 5.36. The van der Waals surface area contributed by atoms with Crippen molar-refractivity contribution in [2.24, 2.45) is 0 Å². The van der Waals surface area contributed by atoms with Crippen LogP contribution in [0.1, 0.15) is 12.0 Å². The molecular formula is C10H5F2N. The molecule has 0 saturated carbocycles. The van der Waals surface area contributed by atoms with Gasteiger partial charge in [0, 0.05) is 0 Å². The smallest absolute Gasteiger partial charge is 0.139 e. The second-order valence-electron chi connectivity index (χ2n) is 2.26. The molecule has 0 aromatic heterocycles. The van der Waals surface area contributed by atoms with Gasteiger partial charge in [0.05, 0.1) is 18.1 Å². The highest BCUT2D eigenvalue weighted by Crippen LogP contribution is 2.07. The van der Waals surface area contributed by atoms with E-state index < -0.39 is 11.6 Å². The molecule has 3 heteroatoms. The van der Waals surface area contributed by atoms with Crippen molar-refractivity contribution >= 4 is 0 Å². The largest absolute Gasteiger partial charge is 0.207 e. The number of rotatable bonds is 0. The Morgan fingerprint density at radius 1 is 1.31 bits per heavy atom. The van der Waals surface area contributed by atoms with Crippen LogP contribution in [0.25, 0.3) is 0 Å². The van der Waals surface area contributed by atoms with E-state index >= 15 is 0 Å². The standard InChI is InChI=1S/C10H5F2N/c11-9-4-5-10(12)8(7-9)3-1-2-6-13/h4-5,7H,2H2. The molecule has 0 aliphatic rings. The van der Waals surface area contributed by atoms with Crippen LogP contribution in [0.5, 0.6) is 0 Å². The van der Waals surface area contributed by atoms with E-state index in [1.807, 2.05) is 0 Å². The maximum Gasteiger partial charge on any atom is 0.139 e. The highest BCUT2D eigenvalue weighted by atomic mass is 19.1. The summed E-state index contributed by atoms with van der Waals surface area (Å²) in [6.07, 6.45) is 0.00987. The molecule has 0 N–H and O–H groups in total. The zero-order valence-corrected chi connectivity index (χ0v) is 6.64. The van der Waals surface area contributed by atoms with Gasteiger partial charge in [-0.05, 0) is 18.2 Å². The first-order valence-electron chi connectivity index (χ1n) is 3.55. The zero-order chi connectivity index (χ0) is 9.68. The number of halogens is 2. The van der Waals surface area contributed by atoms with Gasteiger partial charge in [-0.3, -0.25) is 0 Å². The van der Waals surface area contributed by atoms with Crippen molar-refractivity contribution in [2.45, 2.75) is 6.42 Å². The van der Waals surface area contributed by atoms with Gasteiger partial charge in [0.1, 0.15) is 11.6 Å². The van der Waals surface area contributed by atoms with Crippen LogP contribution < -0.4 is 0 Å². The monoisotopic (exact) mass is 177 g/mol. The number of hydrogen-bond donors (Lipinski definition) is 0. The molecule has 0 amide bonds. The molecule has 0 fully saturated rings. The van der Waals surface area contributed by atoms with Crippen molar-refractivity contribution in [3.8, 4) is 17.9 Å². The molecule has 64 valence electrons. The van der Waals surface area contributed by atoms with Crippen LogP contribution in [0, 0.1) is 34.8 Å². The topological polar surface area (TPSA) is 23.8 Å². The van der Waals surface area contributed by atoms with Crippen molar-refractivity contribution in [1.82, 2.24) is 0 Å². The molecule has 0 spiro atoms. The molecule has 1 rings (SSSR count). The molecule has 1 nitrogen and oxygen atoms in total. The summed E-state index contributed by atoms with van der Waals surface area (Å²) in [6, 6.07) is 4.81. The van der Waals surface area contributed by atoms with Crippen molar-refractivity contribution in [3.05, 3.63) is 35.4 Å². The summed E-state index contributed by atoms with van der Waals surface area (Å²) in [5.74, 6) is 3.65. The quantitative estimate of drug-likeness (QED) is 0.557. The molecule has 0 heterocycles. The molecule has 0 bridgehead atoms. The zero-order valence-electron chi connectivity index (χ0n) is 6.64. The Morgan fingerprint density at radius 2 is 2.08 bits per heavy atom. The Labute approximate surface area is 74.6 Å². The van der Waals surface area contributed by atoms with Crippen LogP contribution in [0.3, 0.4) is 0 Å². The van der Waals surface area contributed by atoms with E-state index in [9.17, 15) is 8.78 Å². The first kappa shape index (κ1) is 9.22. The lowest BCUT2D eigenvalue weighted by molar-refractivity contribution is 0.597. The van der Waals surface area contributed by atoms with Crippen molar-refractivity contribution in [3.63, 3.8) is 0 Å². The van der Waals surface area contributed by atoms with Crippen molar-refractivity contribution < 1.29 is 8.78 Å². The van der Waals surface area contributed by atoms with Gasteiger partial charge in [0.25, 0.3) is 0 Å². The minimum absolute atomic E-state index is 0.00987. The molecule has 0 atom stereocenters. The molecule has 1 aromatic rings. The van der Waals surface area contributed by atoms with Crippen LogP contribution in [-0.4, -0.2) is 0 Å². The van der Waals surface area contributed by atoms with Gasteiger partial charge in [-0.1, -0.05) is 11.8 Å². The summed E-state index contributed by atoms with van der Waals surface area (Å²) < 4.78 is 25.4. The lowest BCUT2D eigenvalue weighted by Gasteiger charge is -1.92. The van der Waals surface area contributed by atoms with Crippen LogP contribution in [0.15, 0.2) is 18.2 Å². The number of hydrogen-bond acceptors (Lipinski definition) is 1. The van der Waals surface area contributed by atoms with Crippen LogP contribution in [-0.2, 0) is 0 Å². The number of nitrogens with zero attached hydrogens (tertiary/aromatic N) is 1. The SMILES string of the molecule is N#CCC#Cc1cc(F)ccc1F. The summed E-state index contributed by atoms with van der Waals surface area (Å²) in [7, 11) is 0. The third-order valence-corrected chi connectivity index (χ3v) is 1.32. The van der Waals surface area contributed by atoms with E-state index in [2.05, 4.69) is 11.8 Å². The van der Waals surface area contributed by atoms with Crippen LogP contribution in [0.2, 0.25) is 0 Å². The molecule has 0 aliphatic heterocycles. The predicted octanol–water partition coefficient (Wildman–Crippen LogP) is 2.23. The first-order valence-corrected chi connectivity index (χ1v) is 3.55. The van der Waals surface area contributed by atoms with E-state index in [0.29, 0.717) is 0 Å². The lowest BCUT2D eigenvalue weighted by atomic mass is 10.2. The summed E-state index contributed by atoms with van der Waals surface area (Å²) in [5.41, 5.74) is -0.0183. The van der Waals surface area contributed by atoms with E-state index in [-0.39, 0.29) is 12.0 Å². The van der Waals surface area contributed by atoms with E-state index in [1.54, 1.807) is 6.07 Å². The van der Waals surface area contributed by atoms with Gasteiger partial charge in [-0.25, -0.2) is 8.78 Å². The number of benzene rings is 1. The summed E-state index contributed by atoms with van der Waals surface area (Å²) in [4.78, 5) is 0. The van der Waals surface area contributed by atoms with Gasteiger partial charge in [0.2, 0.25) is 0 Å². The molecule has 1 aromatic carbocycles. The van der Waals surface area contributed by atoms with E-state index in [0.717, 1.165) is 18.2 Å². The fraction of sp³-hybridized carbons (Fsp3) is 0.100. The third-order valence-electron chi connectivity index (χ3n) is 1.32. The average Bonchev–Trinajstić information content (AvgIpc) is 2.11. The Bertz CT molecular complexity index is 407. The highest BCUT2D eigenvalue weighted by Gasteiger charge is 1.99. The maximum absolute atomic E-state index is 12.8. The van der Waals surface area contributed by atoms with E-state index in [4.69, 9.17) is 5.26 Å². The van der Waals surface area contributed by atoms with Gasteiger partial charge in [-0.2, -0.15) is 5.26 Å². The minimum Gasteiger partial charge on any atom is -0.207 e. The van der Waals surface area contributed by atoms with E-state index in [1.165, 1.54) is 0 Å². The van der Waals surface area contributed by atoms with Crippen LogP contribution in [0.4, 0.5) is 8.78 Å². The second kappa shape index (κ2) is 4.23. The lowest BCUT2D eigenvalue weighted by Crippen LogP contribution is -1.84. The normalized spacial score (nSPS) is 8.38. The van der Waals surface area contributed by atoms with Gasteiger partial charge < -0.3 is 0 Å². The maximum atomic E-state index is 12.8. The summed E-state index contributed by atoms with van der Waals surface area (Å²) in [5, 5.41) is 8.15. The Morgan fingerprint density at radius 3 is 2.77 bits per heavy atom. The molecular weight excluding hydrogens is 172 g/mol. The van der Waals surface area contributed by atoms with Gasteiger partial charge in [0.15, 0.2) is 0 Å². The Balaban J connectivity index is 2.97. The average molecular weight is 177 g/mol. The molecule has 0 saturated heterocycles. The third kappa shape index (κ3) is 2.57. The van der Waals surface area contributed by atoms with Crippen LogP contribution >= 0.6 is 0 Å². The molecule has 13 heavy (non-hydrogen) atoms. The Kier molecular flexibility index (Phi) is 3.00. The van der Waals surface area contributed by atoms with Crippen molar-refractivity contribution in [1.29, 1.82) is 5.26 Å². The van der Waals surface area contributed by atoms with Gasteiger partial charge in [-0.15, -0.1) is 0 Å². The minimum atomic E-state index is -0.577. The molecule has 0 unspecified atom stereocenters. The van der Waals surface area contributed by atoms with Crippen molar-refractivity contribution in [2.75, 3.05) is 0 Å². The number of nitriles is 1. The molecule has 0 aliphatic carbocycles. The fourth-order valence-electron chi connectivity index (χ4n) is 0.772. The first-order chi connectivity index (χ1) is 6.24. The Hall–Kier alpha value is -1.87. The predicted molar refractivity (Wildman–Crippen MR) is 43.5 cm³/mol. The fourth-order valence-corrected chi connectivity index (χ4v) is 0.772. The molecule has 0 radical (unpaired) electrons. The van der Waals surface area contributed by atoms with Gasteiger partial charge >= 0.3 is 0 Å². The summed E-state index contributed by atoms with van der Waals surface area (Å²) in [6.45, 7) is 0.